The Bertz CT molecular complexity index is 525. The van der Waals surface area contributed by atoms with Gasteiger partial charge in [-0.1, -0.05) is 22.9 Å². The molecule has 7 heteroatoms. The van der Waals surface area contributed by atoms with Crippen molar-refractivity contribution in [3.05, 3.63) is 26.7 Å². The van der Waals surface area contributed by atoms with Crippen molar-refractivity contribution in [2.75, 3.05) is 5.73 Å². The Kier molecular flexibility index (Phi) is 2.01. The van der Waals surface area contributed by atoms with Gasteiger partial charge in [-0.2, -0.15) is 0 Å². The highest BCUT2D eigenvalue weighted by Gasteiger charge is 2.19. The minimum Gasteiger partial charge on any atom is -0.393 e. The van der Waals surface area contributed by atoms with E-state index in [0.29, 0.717) is 10.2 Å². The number of nitrogens with zero attached hydrogens (tertiary/aromatic N) is 2. The topological polar surface area (TPSA) is 82.0 Å². The second-order valence-corrected chi connectivity index (χ2v) is 4.16. The average molecular weight is 230 g/mol. The molecule has 1 aromatic heterocycles. The van der Waals surface area contributed by atoms with Crippen molar-refractivity contribution in [2.45, 2.75) is 0 Å². The Balaban J connectivity index is 2.88. The molecule has 0 spiro atoms. The highest BCUT2D eigenvalue weighted by Crippen LogP contribution is 2.36. The van der Waals surface area contributed by atoms with Gasteiger partial charge in [0.15, 0.2) is 4.47 Å². The maximum absolute atomic E-state index is 10.7. The predicted molar refractivity (Wildman–Crippen MR) is 55.7 cm³/mol. The summed E-state index contributed by atoms with van der Waals surface area (Å²) in [5.41, 5.74) is 6.00. The smallest absolute Gasteiger partial charge is 0.311 e. The van der Waals surface area contributed by atoms with Crippen LogP contribution in [0.25, 0.3) is 10.2 Å². The van der Waals surface area contributed by atoms with Crippen LogP contribution in [-0.2, 0) is 0 Å². The number of thiazole rings is 1. The fourth-order valence-electron chi connectivity index (χ4n) is 1.15. The van der Waals surface area contributed by atoms with Crippen LogP contribution in [0.2, 0.25) is 4.47 Å². The van der Waals surface area contributed by atoms with Crippen LogP contribution in [0, 0.1) is 10.1 Å². The number of aromatic nitrogens is 1. The lowest BCUT2D eigenvalue weighted by Gasteiger charge is -1.95. The number of hydrogen-bond acceptors (Lipinski definition) is 5. The molecule has 5 nitrogen and oxygen atoms in total. The zero-order chi connectivity index (χ0) is 10.3. The van der Waals surface area contributed by atoms with Crippen LogP contribution in [0.3, 0.4) is 0 Å². The Morgan fingerprint density at radius 1 is 1.57 bits per heavy atom. The molecule has 0 radical (unpaired) electrons. The molecule has 2 aromatic rings. The van der Waals surface area contributed by atoms with Crippen LogP contribution in [0.1, 0.15) is 0 Å². The van der Waals surface area contributed by atoms with Gasteiger partial charge in [0.1, 0.15) is 10.4 Å². The van der Waals surface area contributed by atoms with Gasteiger partial charge >= 0.3 is 5.69 Å². The number of benzene rings is 1. The number of nitrogen functional groups attached to an aromatic ring is 1. The van der Waals surface area contributed by atoms with Gasteiger partial charge in [-0.25, -0.2) is 4.98 Å². The number of nitro benzene ring substituents is 1. The molecule has 2 rings (SSSR count). The normalized spacial score (nSPS) is 10.6. The molecular formula is C7H4ClN3O2S. The Labute approximate surface area is 87.3 Å². The van der Waals surface area contributed by atoms with Crippen molar-refractivity contribution >= 4 is 44.5 Å². The summed E-state index contributed by atoms with van der Waals surface area (Å²) in [5.74, 6) is 0. The van der Waals surface area contributed by atoms with E-state index in [9.17, 15) is 10.1 Å². The molecule has 0 unspecified atom stereocenters. The van der Waals surface area contributed by atoms with E-state index in [1.165, 1.54) is 6.07 Å². The summed E-state index contributed by atoms with van der Waals surface area (Å²) in [6, 6.07) is 3.07. The quantitative estimate of drug-likeness (QED) is 0.463. The number of halogens is 1. The van der Waals surface area contributed by atoms with Crippen molar-refractivity contribution in [3.8, 4) is 0 Å². The molecule has 14 heavy (non-hydrogen) atoms. The Morgan fingerprint density at radius 3 is 2.93 bits per heavy atom. The minimum atomic E-state index is -0.522. The van der Waals surface area contributed by atoms with Gasteiger partial charge in [0.25, 0.3) is 0 Å². The molecule has 72 valence electrons. The maximum Gasteiger partial charge on any atom is 0.311 e. The number of anilines is 1. The van der Waals surface area contributed by atoms with E-state index < -0.39 is 4.92 Å². The first-order chi connectivity index (χ1) is 6.59. The van der Waals surface area contributed by atoms with Crippen molar-refractivity contribution in [1.29, 1.82) is 0 Å². The average Bonchev–Trinajstić information content (AvgIpc) is 2.43. The second kappa shape index (κ2) is 3.07. The van der Waals surface area contributed by atoms with Crippen molar-refractivity contribution in [1.82, 2.24) is 4.98 Å². The number of nitro groups is 1. The van der Waals surface area contributed by atoms with E-state index >= 15 is 0 Å². The molecule has 0 bridgehead atoms. The third-order valence-electron chi connectivity index (χ3n) is 1.72. The largest absolute Gasteiger partial charge is 0.393 e. The fourth-order valence-corrected chi connectivity index (χ4v) is 2.30. The van der Waals surface area contributed by atoms with Gasteiger partial charge in [0.2, 0.25) is 0 Å². The Hall–Kier alpha value is -1.40. The minimum absolute atomic E-state index is 0.119. The van der Waals surface area contributed by atoms with E-state index in [-0.39, 0.29) is 15.8 Å². The summed E-state index contributed by atoms with van der Waals surface area (Å²) in [7, 11) is 0. The van der Waals surface area contributed by atoms with Gasteiger partial charge in [-0.05, 0) is 12.1 Å². The molecule has 0 atom stereocenters. The summed E-state index contributed by atoms with van der Waals surface area (Å²) < 4.78 is 0.689. The fraction of sp³-hybridized carbons (Fsp3) is 0. The van der Waals surface area contributed by atoms with Crippen LogP contribution >= 0.6 is 22.9 Å². The SMILES string of the molecule is Nc1ccc2nc(Cl)sc2c1[N+](=O)[O-]. The van der Waals surface area contributed by atoms with E-state index in [1.807, 2.05) is 0 Å². The molecule has 0 saturated carbocycles. The van der Waals surface area contributed by atoms with Crippen molar-refractivity contribution < 1.29 is 4.92 Å². The second-order valence-electron chi connectivity index (χ2n) is 2.58. The van der Waals surface area contributed by atoms with Crippen LogP contribution in [0.15, 0.2) is 12.1 Å². The van der Waals surface area contributed by atoms with E-state index in [2.05, 4.69) is 4.98 Å². The molecule has 0 saturated heterocycles. The number of rotatable bonds is 1. The van der Waals surface area contributed by atoms with Gasteiger partial charge < -0.3 is 5.73 Å². The molecule has 2 N–H and O–H groups in total. The molecule has 1 aromatic carbocycles. The molecule has 1 heterocycles. The van der Waals surface area contributed by atoms with E-state index in [4.69, 9.17) is 17.3 Å². The van der Waals surface area contributed by atoms with Crippen LogP contribution in [-0.4, -0.2) is 9.91 Å². The summed E-state index contributed by atoms with van der Waals surface area (Å²) in [4.78, 5) is 14.1. The maximum atomic E-state index is 10.7. The highest BCUT2D eigenvalue weighted by molar-refractivity contribution is 7.22. The van der Waals surface area contributed by atoms with Gasteiger partial charge in [0.05, 0.1) is 10.4 Å². The molecule has 0 amide bonds. The first kappa shape index (κ1) is 9.17. The van der Waals surface area contributed by atoms with Gasteiger partial charge in [0, 0.05) is 0 Å². The third-order valence-corrected chi connectivity index (χ3v) is 2.90. The van der Waals surface area contributed by atoms with E-state index in [1.54, 1.807) is 6.07 Å². The molecule has 0 aliphatic rings. The first-order valence-corrected chi connectivity index (χ1v) is 4.78. The lowest BCUT2D eigenvalue weighted by atomic mass is 10.2. The lowest BCUT2D eigenvalue weighted by molar-refractivity contribution is -0.381. The zero-order valence-electron chi connectivity index (χ0n) is 6.73. The van der Waals surface area contributed by atoms with Crippen molar-refractivity contribution in [2.24, 2.45) is 0 Å². The standard InChI is InChI=1S/C7H4ClN3O2S/c8-7-10-4-2-1-3(9)5(11(12)13)6(4)14-7/h1-2H,9H2. The molecular weight excluding hydrogens is 226 g/mol. The summed E-state index contributed by atoms with van der Waals surface area (Å²) in [6.45, 7) is 0. The van der Waals surface area contributed by atoms with E-state index in [0.717, 1.165) is 11.3 Å². The Morgan fingerprint density at radius 2 is 2.29 bits per heavy atom. The third kappa shape index (κ3) is 1.28. The van der Waals surface area contributed by atoms with Gasteiger partial charge in [-0.3, -0.25) is 10.1 Å². The summed E-state index contributed by atoms with van der Waals surface area (Å²) >= 11 is 6.71. The number of hydrogen-bond donors (Lipinski definition) is 1. The monoisotopic (exact) mass is 229 g/mol. The summed E-state index contributed by atoms with van der Waals surface area (Å²) in [5, 5.41) is 10.7. The molecule has 0 aliphatic carbocycles. The molecule has 0 fully saturated rings. The lowest BCUT2D eigenvalue weighted by Crippen LogP contribution is -1.95. The summed E-state index contributed by atoms with van der Waals surface area (Å²) in [6.07, 6.45) is 0. The van der Waals surface area contributed by atoms with Gasteiger partial charge in [-0.15, -0.1) is 0 Å². The zero-order valence-corrected chi connectivity index (χ0v) is 8.30. The van der Waals surface area contributed by atoms with Crippen LogP contribution < -0.4 is 5.73 Å². The first-order valence-electron chi connectivity index (χ1n) is 3.58. The predicted octanol–water partition coefficient (Wildman–Crippen LogP) is 2.44. The highest BCUT2D eigenvalue weighted by atomic mass is 35.5. The number of fused-ring (bicyclic) bond motifs is 1. The number of nitrogens with two attached hydrogens (primary N) is 1. The van der Waals surface area contributed by atoms with Crippen molar-refractivity contribution in [3.63, 3.8) is 0 Å². The molecule has 0 aliphatic heterocycles. The van der Waals surface area contributed by atoms with Crippen LogP contribution in [0.5, 0.6) is 0 Å². The van der Waals surface area contributed by atoms with Crippen LogP contribution in [0.4, 0.5) is 11.4 Å².